The summed E-state index contributed by atoms with van der Waals surface area (Å²) in [6, 6.07) is 6.34. The summed E-state index contributed by atoms with van der Waals surface area (Å²) in [6.07, 6.45) is 0. The zero-order valence-corrected chi connectivity index (χ0v) is 10.8. The summed E-state index contributed by atoms with van der Waals surface area (Å²) in [5.41, 5.74) is 2.72. The van der Waals surface area contributed by atoms with Crippen LogP contribution in [0.2, 0.25) is 0 Å². The van der Waals surface area contributed by atoms with Crippen LogP contribution in [0.25, 0.3) is 0 Å². The van der Waals surface area contributed by atoms with E-state index in [1.54, 1.807) is 0 Å². The molecule has 0 amide bonds. The molecule has 0 aliphatic carbocycles. The minimum atomic E-state index is 0.553. The zero-order valence-electron chi connectivity index (χ0n) is 10.8. The third kappa shape index (κ3) is 3.86. The van der Waals surface area contributed by atoms with Gasteiger partial charge in [0, 0.05) is 6.54 Å². The molecule has 2 nitrogen and oxygen atoms in total. The minimum absolute atomic E-state index is 0.553. The van der Waals surface area contributed by atoms with Crippen molar-refractivity contribution >= 4 is 0 Å². The molecule has 0 fully saturated rings. The number of hydrogen-bond donors (Lipinski definition) is 1. The van der Waals surface area contributed by atoms with Crippen molar-refractivity contribution in [2.45, 2.75) is 33.6 Å². The van der Waals surface area contributed by atoms with Crippen LogP contribution >= 0.6 is 0 Å². The van der Waals surface area contributed by atoms with Crippen molar-refractivity contribution in [3.63, 3.8) is 0 Å². The summed E-state index contributed by atoms with van der Waals surface area (Å²) >= 11 is 0. The molecule has 90 valence electrons. The SMILES string of the molecule is CCNCCOc1ccc(C)c(C(C)C)c1. The molecule has 0 aliphatic heterocycles. The highest BCUT2D eigenvalue weighted by Gasteiger charge is 2.04. The van der Waals surface area contributed by atoms with Crippen LogP contribution in [-0.4, -0.2) is 19.7 Å². The molecule has 1 aromatic rings. The van der Waals surface area contributed by atoms with Crippen LogP contribution in [0.4, 0.5) is 0 Å². The predicted molar refractivity (Wildman–Crippen MR) is 69.3 cm³/mol. The van der Waals surface area contributed by atoms with Crippen molar-refractivity contribution in [3.8, 4) is 5.75 Å². The van der Waals surface area contributed by atoms with Crippen LogP contribution in [0, 0.1) is 6.92 Å². The lowest BCUT2D eigenvalue weighted by molar-refractivity contribution is 0.315. The van der Waals surface area contributed by atoms with Crippen LogP contribution in [0.1, 0.15) is 37.8 Å². The maximum atomic E-state index is 5.69. The Balaban J connectivity index is 2.57. The first kappa shape index (κ1) is 13.0. The molecule has 1 rings (SSSR count). The van der Waals surface area contributed by atoms with E-state index < -0.39 is 0 Å². The fraction of sp³-hybridized carbons (Fsp3) is 0.571. The molecule has 0 saturated carbocycles. The van der Waals surface area contributed by atoms with Crippen molar-refractivity contribution in [1.82, 2.24) is 5.32 Å². The van der Waals surface area contributed by atoms with Crippen molar-refractivity contribution in [1.29, 1.82) is 0 Å². The van der Waals surface area contributed by atoms with E-state index in [4.69, 9.17) is 4.74 Å². The number of nitrogens with one attached hydrogen (secondary N) is 1. The second-order valence-electron chi connectivity index (χ2n) is 4.38. The standard InChI is InChI=1S/C14H23NO/c1-5-15-8-9-16-13-7-6-12(4)14(10-13)11(2)3/h6-7,10-11,15H,5,8-9H2,1-4H3. The fourth-order valence-electron chi connectivity index (χ4n) is 1.75. The highest BCUT2D eigenvalue weighted by molar-refractivity contribution is 5.36. The van der Waals surface area contributed by atoms with Gasteiger partial charge in [-0.1, -0.05) is 26.8 Å². The van der Waals surface area contributed by atoms with Crippen molar-refractivity contribution in [3.05, 3.63) is 29.3 Å². The largest absolute Gasteiger partial charge is 0.492 e. The molecule has 1 aromatic carbocycles. The Kier molecular flexibility index (Phi) is 5.33. The molecule has 0 heterocycles. The molecular formula is C14H23NO. The lowest BCUT2D eigenvalue weighted by Crippen LogP contribution is -2.20. The third-order valence-corrected chi connectivity index (χ3v) is 2.67. The Morgan fingerprint density at radius 1 is 1.31 bits per heavy atom. The molecule has 16 heavy (non-hydrogen) atoms. The molecule has 1 N–H and O–H groups in total. The molecule has 0 spiro atoms. The van der Waals surface area contributed by atoms with E-state index in [0.29, 0.717) is 5.92 Å². The molecule has 0 unspecified atom stereocenters. The monoisotopic (exact) mass is 221 g/mol. The zero-order chi connectivity index (χ0) is 12.0. The average molecular weight is 221 g/mol. The van der Waals surface area contributed by atoms with E-state index in [-0.39, 0.29) is 0 Å². The van der Waals surface area contributed by atoms with Gasteiger partial charge < -0.3 is 10.1 Å². The van der Waals surface area contributed by atoms with Gasteiger partial charge in [-0.05, 0) is 42.6 Å². The van der Waals surface area contributed by atoms with E-state index in [9.17, 15) is 0 Å². The summed E-state index contributed by atoms with van der Waals surface area (Å²) in [4.78, 5) is 0. The average Bonchev–Trinajstić information content (AvgIpc) is 2.26. The van der Waals surface area contributed by atoms with Gasteiger partial charge in [0.1, 0.15) is 12.4 Å². The lowest BCUT2D eigenvalue weighted by atomic mass is 9.98. The van der Waals surface area contributed by atoms with Gasteiger partial charge in [-0.3, -0.25) is 0 Å². The molecular weight excluding hydrogens is 198 g/mol. The maximum Gasteiger partial charge on any atom is 0.119 e. The fourth-order valence-corrected chi connectivity index (χ4v) is 1.75. The summed E-state index contributed by atoms with van der Waals surface area (Å²) in [5.74, 6) is 1.53. The molecule has 0 bridgehead atoms. The van der Waals surface area contributed by atoms with Gasteiger partial charge in [0.05, 0.1) is 0 Å². The van der Waals surface area contributed by atoms with Gasteiger partial charge in [0.2, 0.25) is 0 Å². The van der Waals surface area contributed by atoms with Crippen LogP contribution in [0.15, 0.2) is 18.2 Å². The Hall–Kier alpha value is -1.02. The van der Waals surface area contributed by atoms with Gasteiger partial charge in [-0.15, -0.1) is 0 Å². The van der Waals surface area contributed by atoms with E-state index in [2.05, 4.69) is 45.1 Å². The second-order valence-corrected chi connectivity index (χ2v) is 4.38. The summed E-state index contributed by atoms with van der Waals surface area (Å²) in [7, 11) is 0. The third-order valence-electron chi connectivity index (χ3n) is 2.67. The van der Waals surface area contributed by atoms with Gasteiger partial charge >= 0.3 is 0 Å². The molecule has 0 aliphatic rings. The Morgan fingerprint density at radius 2 is 2.06 bits per heavy atom. The van der Waals surface area contributed by atoms with Crippen molar-refractivity contribution in [2.75, 3.05) is 19.7 Å². The summed E-state index contributed by atoms with van der Waals surface area (Å²) in [6.45, 7) is 11.3. The van der Waals surface area contributed by atoms with E-state index in [1.807, 2.05) is 6.07 Å². The van der Waals surface area contributed by atoms with E-state index >= 15 is 0 Å². The Bertz CT molecular complexity index is 321. The molecule has 0 radical (unpaired) electrons. The number of rotatable bonds is 6. The minimum Gasteiger partial charge on any atom is -0.492 e. The number of likely N-dealkylation sites (N-methyl/N-ethyl adjacent to an activating group) is 1. The molecule has 0 atom stereocenters. The number of benzene rings is 1. The Morgan fingerprint density at radius 3 is 2.69 bits per heavy atom. The summed E-state index contributed by atoms with van der Waals surface area (Å²) < 4.78 is 5.69. The maximum absolute atomic E-state index is 5.69. The van der Waals surface area contributed by atoms with Crippen LogP contribution in [-0.2, 0) is 0 Å². The molecule has 2 heteroatoms. The highest BCUT2D eigenvalue weighted by atomic mass is 16.5. The number of ether oxygens (including phenoxy) is 1. The number of aryl methyl sites for hydroxylation is 1. The highest BCUT2D eigenvalue weighted by Crippen LogP contribution is 2.23. The first-order valence-corrected chi connectivity index (χ1v) is 6.09. The van der Waals surface area contributed by atoms with Gasteiger partial charge in [0.25, 0.3) is 0 Å². The van der Waals surface area contributed by atoms with Crippen LogP contribution in [0.3, 0.4) is 0 Å². The molecule has 0 aromatic heterocycles. The Labute approximate surface area is 99.0 Å². The normalized spacial score (nSPS) is 10.8. The first-order valence-electron chi connectivity index (χ1n) is 6.09. The second kappa shape index (κ2) is 6.54. The quantitative estimate of drug-likeness (QED) is 0.745. The van der Waals surface area contributed by atoms with Gasteiger partial charge in [-0.25, -0.2) is 0 Å². The van der Waals surface area contributed by atoms with E-state index in [1.165, 1.54) is 11.1 Å². The van der Waals surface area contributed by atoms with Gasteiger partial charge in [0.15, 0.2) is 0 Å². The van der Waals surface area contributed by atoms with Crippen LogP contribution < -0.4 is 10.1 Å². The molecule has 0 saturated heterocycles. The topological polar surface area (TPSA) is 21.3 Å². The van der Waals surface area contributed by atoms with Crippen molar-refractivity contribution in [2.24, 2.45) is 0 Å². The number of hydrogen-bond acceptors (Lipinski definition) is 2. The van der Waals surface area contributed by atoms with E-state index in [0.717, 1.165) is 25.4 Å². The van der Waals surface area contributed by atoms with Gasteiger partial charge in [-0.2, -0.15) is 0 Å². The smallest absolute Gasteiger partial charge is 0.119 e. The lowest BCUT2D eigenvalue weighted by Gasteiger charge is -2.13. The van der Waals surface area contributed by atoms with Crippen molar-refractivity contribution < 1.29 is 4.74 Å². The summed E-state index contributed by atoms with van der Waals surface area (Å²) in [5, 5.41) is 3.24. The van der Waals surface area contributed by atoms with Crippen LogP contribution in [0.5, 0.6) is 5.75 Å². The predicted octanol–water partition coefficient (Wildman–Crippen LogP) is 3.11. The first-order chi connectivity index (χ1) is 7.65.